The van der Waals surface area contributed by atoms with Gasteiger partial charge >= 0.3 is 6.18 Å². The Morgan fingerprint density at radius 2 is 1.61 bits per heavy atom. The first-order chi connectivity index (χ1) is 10.5. The van der Waals surface area contributed by atoms with Crippen LogP contribution in [-0.2, 0) is 9.59 Å². The molecule has 6 nitrogen and oxygen atoms in total. The summed E-state index contributed by atoms with van der Waals surface area (Å²) in [6, 6.07) is 4.61. The molecule has 1 aromatic rings. The van der Waals surface area contributed by atoms with Crippen molar-refractivity contribution >= 4 is 17.5 Å². The fourth-order valence-electron chi connectivity index (χ4n) is 1.75. The molecule has 2 atom stereocenters. The molecule has 0 bridgehead atoms. The highest BCUT2D eigenvalue weighted by molar-refractivity contribution is 6.09. The summed E-state index contributed by atoms with van der Waals surface area (Å²) in [7, 11) is 0. The Labute approximate surface area is 128 Å². The molecule has 23 heavy (non-hydrogen) atoms. The van der Waals surface area contributed by atoms with Gasteiger partial charge in [0.15, 0.2) is 5.78 Å². The predicted molar refractivity (Wildman–Crippen MR) is 71.2 cm³/mol. The summed E-state index contributed by atoms with van der Waals surface area (Å²) in [5, 5.41) is 19.3. The van der Waals surface area contributed by atoms with Gasteiger partial charge in [0, 0.05) is 5.56 Å². The van der Waals surface area contributed by atoms with Crippen molar-refractivity contribution in [2.45, 2.75) is 31.2 Å². The fourth-order valence-corrected chi connectivity index (χ4v) is 1.75. The lowest BCUT2D eigenvalue weighted by atomic mass is 9.98. The predicted octanol–water partition coefficient (Wildman–Crippen LogP) is 0.660. The molecular formula is C14H14F3NO5. The number of benzene rings is 1. The monoisotopic (exact) mass is 333 g/mol. The van der Waals surface area contributed by atoms with Gasteiger partial charge in [0.1, 0.15) is 6.10 Å². The average Bonchev–Trinajstić information content (AvgIpc) is 2.44. The number of primary amides is 1. The summed E-state index contributed by atoms with van der Waals surface area (Å²) < 4.78 is 36.3. The maximum atomic E-state index is 12.1. The van der Waals surface area contributed by atoms with Gasteiger partial charge < -0.3 is 15.9 Å². The highest BCUT2D eigenvalue weighted by Gasteiger charge is 2.39. The Bertz CT molecular complexity index is 597. The molecule has 0 radical (unpaired) electrons. The summed E-state index contributed by atoms with van der Waals surface area (Å²) in [5.74, 6) is -4.00. The topological polar surface area (TPSA) is 118 Å². The van der Waals surface area contributed by atoms with Crippen molar-refractivity contribution in [2.24, 2.45) is 5.73 Å². The fraction of sp³-hybridized carbons (Fsp3) is 0.357. The molecule has 0 aliphatic carbocycles. The van der Waals surface area contributed by atoms with Crippen molar-refractivity contribution in [1.82, 2.24) is 0 Å². The van der Waals surface area contributed by atoms with Crippen LogP contribution in [0.2, 0.25) is 0 Å². The summed E-state index contributed by atoms with van der Waals surface area (Å²) in [4.78, 5) is 33.0. The number of rotatable bonds is 7. The highest BCUT2D eigenvalue weighted by atomic mass is 19.4. The first kappa shape index (κ1) is 18.8. The Hall–Kier alpha value is -2.26. The van der Waals surface area contributed by atoms with Crippen LogP contribution in [0.1, 0.15) is 34.9 Å². The van der Waals surface area contributed by atoms with E-state index in [9.17, 15) is 37.8 Å². The third-order valence-electron chi connectivity index (χ3n) is 2.99. The molecular weight excluding hydrogens is 319 g/mol. The minimum absolute atomic E-state index is 0.137. The number of halogens is 3. The van der Waals surface area contributed by atoms with Gasteiger partial charge in [-0.3, -0.25) is 14.4 Å². The van der Waals surface area contributed by atoms with Crippen LogP contribution in [0, 0.1) is 0 Å². The van der Waals surface area contributed by atoms with Crippen molar-refractivity contribution in [3.8, 4) is 0 Å². The SMILES string of the molecule is NC(=O)CC(O)C(O)c1ccc(C(=O)CC(=O)C(F)(F)F)cc1. The van der Waals surface area contributed by atoms with E-state index in [4.69, 9.17) is 5.73 Å². The second-order valence-electron chi connectivity index (χ2n) is 4.83. The summed E-state index contributed by atoms with van der Waals surface area (Å²) in [6.45, 7) is 0. The van der Waals surface area contributed by atoms with E-state index in [1.165, 1.54) is 12.1 Å². The van der Waals surface area contributed by atoms with Gasteiger partial charge in [-0.15, -0.1) is 0 Å². The molecule has 2 unspecified atom stereocenters. The molecule has 9 heteroatoms. The van der Waals surface area contributed by atoms with Crippen LogP contribution in [-0.4, -0.2) is 40.0 Å². The van der Waals surface area contributed by atoms with Gasteiger partial charge in [-0.2, -0.15) is 13.2 Å². The van der Waals surface area contributed by atoms with Gasteiger partial charge in [0.25, 0.3) is 0 Å². The van der Waals surface area contributed by atoms with Gasteiger partial charge in [0.2, 0.25) is 11.7 Å². The van der Waals surface area contributed by atoms with E-state index in [0.29, 0.717) is 0 Å². The quantitative estimate of drug-likeness (QED) is 0.500. The molecule has 0 saturated heterocycles. The van der Waals surface area contributed by atoms with E-state index >= 15 is 0 Å². The van der Waals surface area contributed by atoms with Crippen LogP contribution in [0.4, 0.5) is 13.2 Å². The number of hydrogen-bond acceptors (Lipinski definition) is 5. The lowest BCUT2D eigenvalue weighted by Gasteiger charge is -2.17. The minimum Gasteiger partial charge on any atom is -0.390 e. The standard InChI is InChI=1S/C14H14F3NO5/c15-14(16,17)11(21)5-9(19)7-1-3-8(4-2-7)13(23)10(20)6-12(18)22/h1-4,10,13,20,23H,5-6H2,(H2,18,22). The third kappa shape index (κ3) is 5.46. The Kier molecular flexibility index (Phi) is 5.99. The zero-order chi connectivity index (χ0) is 17.8. The number of carbonyl (C=O) groups excluding carboxylic acids is 3. The molecule has 0 saturated carbocycles. The van der Waals surface area contributed by atoms with Crippen molar-refractivity contribution in [3.05, 3.63) is 35.4 Å². The number of nitrogens with two attached hydrogens (primary N) is 1. The molecule has 0 spiro atoms. The Morgan fingerprint density at radius 1 is 1.09 bits per heavy atom. The van der Waals surface area contributed by atoms with Crippen LogP contribution in [0.5, 0.6) is 0 Å². The molecule has 0 aliphatic heterocycles. The van der Waals surface area contributed by atoms with Gasteiger partial charge in [-0.1, -0.05) is 24.3 Å². The van der Waals surface area contributed by atoms with Crippen molar-refractivity contribution < 1.29 is 37.8 Å². The number of Topliss-reactive ketones (excluding diaryl/α,β-unsaturated/α-hetero) is 2. The number of amides is 1. The number of carbonyl (C=O) groups is 3. The van der Waals surface area contributed by atoms with Crippen molar-refractivity contribution in [2.75, 3.05) is 0 Å². The first-order valence-electron chi connectivity index (χ1n) is 6.40. The Balaban J connectivity index is 2.78. The molecule has 1 aromatic carbocycles. The normalized spacial score (nSPS) is 14.1. The largest absolute Gasteiger partial charge is 0.450 e. The van der Waals surface area contributed by atoms with Gasteiger partial charge in [0.05, 0.1) is 18.9 Å². The molecule has 126 valence electrons. The molecule has 0 aliphatic rings. The molecule has 0 fully saturated rings. The number of hydrogen-bond donors (Lipinski definition) is 3. The van der Waals surface area contributed by atoms with E-state index in [1.54, 1.807) is 0 Å². The van der Waals surface area contributed by atoms with Crippen LogP contribution in [0.15, 0.2) is 24.3 Å². The zero-order valence-electron chi connectivity index (χ0n) is 11.7. The van der Waals surface area contributed by atoms with E-state index in [1.807, 2.05) is 0 Å². The van der Waals surface area contributed by atoms with E-state index in [2.05, 4.69) is 0 Å². The zero-order valence-corrected chi connectivity index (χ0v) is 11.7. The second-order valence-corrected chi connectivity index (χ2v) is 4.83. The maximum absolute atomic E-state index is 12.1. The number of ketones is 2. The van der Waals surface area contributed by atoms with Crippen molar-refractivity contribution in [1.29, 1.82) is 0 Å². The van der Waals surface area contributed by atoms with Crippen LogP contribution in [0.25, 0.3) is 0 Å². The summed E-state index contributed by atoms with van der Waals surface area (Å²) in [5.41, 5.74) is 4.86. The number of aliphatic hydroxyl groups excluding tert-OH is 2. The average molecular weight is 333 g/mol. The molecule has 4 N–H and O–H groups in total. The lowest BCUT2D eigenvalue weighted by Crippen LogP contribution is -2.26. The Morgan fingerprint density at radius 3 is 2.04 bits per heavy atom. The molecule has 1 rings (SSSR count). The van der Waals surface area contributed by atoms with Gasteiger partial charge in [-0.25, -0.2) is 0 Å². The molecule has 1 amide bonds. The lowest BCUT2D eigenvalue weighted by molar-refractivity contribution is -0.170. The third-order valence-corrected chi connectivity index (χ3v) is 2.99. The maximum Gasteiger partial charge on any atom is 0.450 e. The molecule has 0 heterocycles. The second kappa shape index (κ2) is 7.34. The summed E-state index contributed by atoms with van der Waals surface area (Å²) >= 11 is 0. The van der Waals surface area contributed by atoms with Crippen LogP contribution >= 0.6 is 0 Å². The number of aliphatic hydroxyl groups is 2. The molecule has 0 aromatic heterocycles. The van der Waals surface area contributed by atoms with Crippen molar-refractivity contribution in [3.63, 3.8) is 0 Å². The van der Waals surface area contributed by atoms with Crippen LogP contribution in [0.3, 0.4) is 0 Å². The smallest absolute Gasteiger partial charge is 0.390 e. The first-order valence-corrected chi connectivity index (χ1v) is 6.40. The van der Waals surface area contributed by atoms with E-state index < -0.39 is 48.7 Å². The number of alkyl halides is 3. The van der Waals surface area contributed by atoms with E-state index in [0.717, 1.165) is 12.1 Å². The van der Waals surface area contributed by atoms with Gasteiger partial charge in [-0.05, 0) is 5.56 Å². The minimum atomic E-state index is -5.08. The highest BCUT2D eigenvalue weighted by Crippen LogP contribution is 2.22. The van der Waals surface area contributed by atoms with E-state index in [-0.39, 0.29) is 11.1 Å². The van der Waals surface area contributed by atoms with Crippen LogP contribution < -0.4 is 5.73 Å². The summed E-state index contributed by atoms with van der Waals surface area (Å²) in [6.07, 6.45) is -9.79.